The van der Waals surface area contributed by atoms with Crippen LogP contribution in [-0.2, 0) is 19.1 Å². The molecule has 2 atom stereocenters. The Morgan fingerprint density at radius 1 is 0.473 bits per heavy atom. The van der Waals surface area contributed by atoms with Gasteiger partial charge in [0.1, 0.15) is 12.2 Å². The zero-order valence-corrected chi connectivity index (χ0v) is 37.6. The predicted octanol–water partition coefficient (Wildman–Crippen LogP) is 13.8. The molecule has 0 aliphatic carbocycles. The van der Waals surface area contributed by atoms with Crippen LogP contribution in [0.2, 0.25) is 0 Å². The molecule has 322 valence electrons. The van der Waals surface area contributed by atoms with Crippen LogP contribution in [0.5, 0.6) is 0 Å². The number of carbonyl (C=O) groups excluding carboxylic acids is 2. The van der Waals surface area contributed by atoms with Crippen molar-refractivity contribution in [1.82, 2.24) is 9.80 Å². The number of nitrogens with zero attached hydrogens (tertiary/aromatic N) is 2. The summed E-state index contributed by atoms with van der Waals surface area (Å²) in [5, 5.41) is 0. The number of ether oxygens (including phenoxy) is 2. The van der Waals surface area contributed by atoms with Gasteiger partial charge in [-0.05, 0) is 131 Å². The molecular weight excluding hydrogens is 681 g/mol. The van der Waals surface area contributed by atoms with Gasteiger partial charge in [0.05, 0.1) is 6.42 Å². The first-order chi connectivity index (χ1) is 26.8. The monoisotopic (exact) mass is 773 g/mol. The quantitative estimate of drug-likeness (QED) is 0.0268. The second-order valence-corrected chi connectivity index (χ2v) is 15.9. The average Bonchev–Trinajstić information content (AvgIpc) is 3.16. The molecule has 0 aromatic rings. The third kappa shape index (κ3) is 46.1. The van der Waals surface area contributed by atoms with Gasteiger partial charge in [-0.3, -0.25) is 9.59 Å². The molecule has 6 heteroatoms. The zero-order valence-electron chi connectivity index (χ0n) is 37.6. The van der Waals surface area contributed by atoms with E-state index in [0.717, 1.165) is 64.2 Å². The minimum Gasteiger partial charge on any atom is -0.461 e. The molecule has 0 saturated heterocycles. The number of unbranched alkanes of at least 4 members (excludes halogenated alkanes) is 18. The molecule has 0 rings (SSSR count). The Labute approximate surface area is 343 Å². The standard InChI is InChI=1S/C44H79NO4.C5H13N/c1-5-7-9-11-13-15-17-19-21-23-25-27-29-31-33-35-37-42(48-41-46)43(49-44(47)39-40-45(3)4)38-36-34-32-30-28-26-24-22-20-18-16-14-12-10-8-6-2;1-4-5-6(2)3/h13-16,19-22,41-43H,5-12,17-18,23-40H2,1-4H3;4-5H2,1-3H3/b15-13-,16-14-,21-19-,22-20-;. The lowest BCUT2D eigenvalue weighted by atomic mass is 9.99. The van der Waals surface area contributed by atoms with Crippen molar-refractivity contribution in [1.29, 1.82) is 0 Å². The van der Waals surface area contributed by atoms with Gasteiger partial charge < -0.3 is 19.3 Å². The zero-order chi connectivity index (χ0) is 40.9. The molecule has 0 aliphatic heterocycles. The molecule has 0 aliphatic rings. The lowest BCUT2D eigenvalue weighted by Crippen LogP contribution is -2.34. The van der Waals surface area contributed by atoms with Crippen molar-refractivity contribution in [3.63, 3.8) is 0 Å². The fraction of sp³-hybridized carbons (Fsp3) is 0.796. The first kappa shape index (κ1) is 54.9. The average molecular weight is 773 g/mol. The number of hydrogen-bond acceptors (Lipinski definition) is 6. The summed E-state index contributed by atoms with van der Waals surface area (Å²) in [4.78, 5) is 28.2. The lowest BCUT2D eigenvalue weighted by Gasteiger charge is -2.26. The van der Waals surface area contributed by atoms with Gasteiger partial charge in [-0.2, -0.15) is 0 Å². The second kappa shape index (κ2) is 46.2. The Bertz CT molecular complexity index is 911. The van der Waals surface area contributed by atoms with Crippen LogP contribution in [0.1, 0.15) is 201 Å². The fourth-order valence-corrected chi connectivity index (χ4v) is 6.39. The summed E-state index contributed by atoms with van der Waals surface area (Å²) in [6.07, 6.45) is 49.6. The van der Waals surface area contributed by atoms with E-state index in [9.17, 15) is 9.59 Å². The van der Waals surface area contributed by atoms with E-state index in [1.807, 2.05) is 19.0 Å². The summed E-state index contributed by atoms with van der Waals surface area (Å²) in [7, 11) is 8.09. The highest BCUT2D eigenvalue weighted by Gasteiger charge is 2.26. The van der Waals surface area contributed by atoms with Gasteiger partial charge in [-0.25, -0.2) is 0 Å². The van der Waals surface area contributed by atoms with Gasteiger partial charge in [-0.15, -0.1) is 0 Å². The van der Waals surface area contributed by atoms with Crippen molar-refractivity contribution < 1.29 is 19.1 Å². The molecule has 0 radical (unpaired) electrons. The topological polar surface area (TPSA) is 59.1 Å². The van der Waals surface area contributed by atoms with Crippen LogP contribution in [0.4, 0.5) is 0 Å². The van der Waals surface area contributed by atoms with Gasteiger partial charge in [0.2, 0.25) is 0 Å². The summed E-state index contributed by atoms with van der Waals surface area (Å²) in [6, 6.07) is 0. The van der Waals surface area contributed by atoms with Gasteiger partial charge in [0, 0.05) is 6.54 Å². The maximum absolute atomic E-state index is 12.7. The minimum absolute atomic E-state index is 0.199. The smallest absolute Gasteiger partial charge is 0.307 e. The molecular formula is C49H92N2O4. The van der Waals surface area contributed by atoms with Crippen molar-refractivity contribution in [3.05, 3.63) is 48.6 Å². The summed E-state index contributed by atoms with van der Waals surface area (Å²) in [5.41, 5.74) is 0. The third-order valence-electron chi connectivity index (χ3n) is 9.74. The van der Waals surface area contributed by atoms with Crippen LogP contribution >= 0.6 is 0 Å². The fourth-order valence-electron chi connectivity index (χ4n) is 6.39. The first-order valence-corrected chi connectivity index (χ1v) is 23.0. The van der Waals surface area contributed by atoms with E-state index in [1.54, 1.807) is 0 Å². The Hall–Kier alpha value is -2.18. The van der Waals surface area contributed by atoms with E-state index in [4.69, 9.17) is 9.47 Å². The Kier molecular flexibility index (Phi) is 46.1. The molecule has 0 aromatic heterocycles. The van der Waals surface area contributed by atoms with Crippen LogP contribution in [0.15, 0.2) is 48.6 Å². The van der Waals surface area contributed by atoms with Crippen molar-refractivity contribution in [2.24, 2.45) is 0 Å². The van der Waals surface area contributed by atoms with Crippen molar-refractivity contribution >= 4 is 12.4 Å². The number of carbonyl (C=O) groups is 2. The highest BCUT2D eigenvalue weighted by atomic mass is 16.6. The number of rotatable bonds is 39. The lowest BCUT2D eigenvalue weighted by molar-refractivity contribution is -0.163. The van der Waals surface area contributed by atoms with Crippen LogP contribution in [-0.4, -0.2) is 75.7 Å². The van der Waals surface area contributed by atoms with E-state index >= 15 is 0 Å². The predicted molar refractivity (Wildman–Crippen MR) is 241 cm³/mol. The molecule has 2 unspecified atom stereocenters. The van der Waals surface area contributed by atoms with Crippen LogP contribution in [0.25, 0.3) is 0 Å². The van der Waals surface area contributed by atoms with Crippen molar-refractivity contribution in [2.75, 3.05) is 41.3 Å². The van der Waals surface area contributed by atoms with Gasteiger partial charge >= 0.3 is 5.97 Å². The van der Waals surface area contributed by atoms with Crippen molar-refractivity contribution in [3.8, 4) is 0 Å². The molecule has 0 saturated carbocycles. The van der Waals surface area contributed by atoms with E-state index < -0.39 is 0 Å². The molecule has 0 fully saturated rings. The summed E-state index contributed by atoms with van der Waals surface area (Å²) in [5.74, 6) is -0.199. The third-order valence-corrected chi connectivity index (χ3v) is 9.74. The van der Waals surface area contributed by atoms with E-state index in [2.05, 4.69) is 88.4 Å². The van der Waals surface area contributed by atoms with Crippen LogP contribution in [0.3, 0.4) is 0 Å². The minimum atomic E-state index is -0.358. The normalized spacial score (nSPS) is 13.0. The second-order valence-electron chi connectivity index (χ2n) is 15.9. The molecule has 6 nitrogen and oxygen atoms in total. The maximum Gasteiger partial charge on any atom is 0.307 e. The molecule has 0 aromatic carbocycles. The van der Waals surface area contributed by atoms with Gasteiger partial charge in [-0.1, -0.05) is 146 Å². The maximum atomic E-state index is 12.7. The molecule has 0 N–H and O–H groups in total. The highest BCUT2D eigenvalue weighted by molar-refractivity contribution is 5.69. The highest BCUT2D eigenvalue weighted by Crippen LogP contribution is 2.21. The van der Waals surface area contributed by atoms with Gasteiger partial charge in [0.15, 0.2) is 0 Å². The van der Waals surface area contributed by atoms with Gasteiger partial charge in [0.25, 0.3) is 6.47 Å². The van der Waals surface area contributed by atoms with Crippen molar-refractivity contribution in [2.45, 2.75) is 213 Å². The number of hydrogen-bond donors (Lipinski definition) is 0. The molecule has 0 spiro atoms. The molecule has 0 heterocycles. The van der Waals surface area contributed by atoms with Crippen LogP contribution < -0.4 is 0 Å². The molecule has 55 heavy (non-hydrogen) atoms. The summed E-state index contributed by atoms with van der Waals surface area (Å²) >= 11 is 0. The van der Waals surface area contributed by atoms with Crippen LogP contribution in [0, 0.1) is 0 Å². The Morgan fingerprint density at radius 2 is 0.855 bits per heavy atom. The largest absolute Gasteiger partial charge is 0.461 e. The Morgan fingerprint density at radius 3 is 1.22 bits per heavy atom. The van der Waals surface area contributed by atoms with E-state index in [1.165, 1.54) is 116 Å². The number of esters is 1. The van der Waals surface area contributed by atoms with E-state index in [0.29, 0.717) is 19.4 Å². The SMILES string of the molecule is CCCCC/C=C\C/C=C\CCCCCCCCC(OC=O)C(CCCCCCCC/C=C\C/C=C\CCCCC)OC(=O)CCN(C)C.CCCN(C)C. The molecule has 0 amide bonds. The molecule has 0 bridgehead atoms. The summed E-state index contributed by atoms with van der Waals surface area (Å²) in [6.45, 7) is 9.08. The van der Waals surface area contributed by atoms with E-state index in [-0.39, 0.29) is 18.2 Å². The Balaban J connectivity index is 0. The summed E-state index contributed by atoms with van der Waals surface area (Å²) < 4.78 is 11.5. The first-order valence-electron chi connectivity index (χ1n) is 23.0. The number of allylic oxidation sites excluding steroid dienone is 8.